The Morgan fingerprint density at radius 3 is 2.67 bits per heavy atom. The molecule has 1 aliphatic rings. The number of nitrogens with zero attached hydrogens (tertiary/aromatic N) is 2. The largest absolute Gasteiger partial charge is 0.508 e. The molecule has 2 rings (SSSR count). The lowest BCUT2D eigenvalue weighted by Crippen LogP contribution is -2.34. The summed E-state index contributed by atoms with van der Waals surface area (Å²) < 4.78 is 0. The van der Waals surface area contributed by atoms with Crippen LogP contribution >= 0.6 is 0 Å². The number of hydrogen-bond acceptors (Lipinski definition) is 3. The summed E-state index contributed by atoms with van der Waals surface area (Å²) in [5.74, 6) is 1.11. The van der Waals surface area contributed by atoms with Gasteiger partial charge < -0.3 is 10.0 Å². The number of phenols is 1. The maximum atomic E-state index is 9.90. The van der Waals surface area contributed by atoms with Gasteiger partial charge in [0.2, 0.25) is 0 Å². The van der Waals surface area contributed by atoms with Crippen molar-refractivity contribution in [2.24, 2.45) is 5.92 Å². The van der Waals surface area contributed by atoms with E-state index in [4.69, 9.17) is 0 Å². The maximum absolute atomic E-state index is 9.90. The van der Waals surface area contributed by atoms with Crippen molar-refractivity contribution in [2.45, 2.75) is 26.4 Å². The highest BCUT2D eigenvalue weighted by atomic mass is 16.3. The van der Waals surface area contributed by atoms with E-state index in [9.17, 15) is 5.11 Å². The van der Waals surface area contributed by atoms with Gasteiger partial charge in [-0.25, -0.2) is 0 Å². The Hall–Kier alpha value is -1.06. The van der Waals surface area contributed by atoms with Crippen molar-refractivity contribution in [2.75, 3.05) is 27.2 Å². The summed E-state index contributed by atoms with van der Waals surface area (Å²) in [5.41, 5.74) is 2.25. The molecule has 0 aromatic heterocycles. The third-order valence-electron chi connectivity index (χ3n) is 3.94. The van der Waals surface area contributed by atoms with E-state index in [2.05, 4.69) is 43.8 Å². The normalized spacial score (nSPS) is 24.9. The van der Waals surface area contributed by atoms with Crippen molar-refractivity contribution in [3.05, 3.63) is 29.3 Å². The van der Waals surface area contributed by atoms with Crippen LogP contribution in [0.5, 0.6) is 5.75 Å². The van der Waals surface area contributed by atoms with Gasteiger partial charge in [-0.3, -0.25) is 4.90 Å². The molecule has 0 amide bonds. The minimum Gasteiger partial charge on any atom is -0.508 e. The van der Waals surface area contributed by atoms with Crippen molar-refractivity contribution >= 4 is 0 Å². The van der Waals surface area contributed by atoms with Crippen LogP contribution in [0.25, 0.3) is 0 Å². The monoisotopic (exact) mass is 248 g/mol. The van der Waals surface area contributed by atoms with Crippen molar-refractivity contribution in [1.82, 2.24) is 9.80 Å². The third kappa shape index (κ3) is 2.85. The first-order chi connectivity index (χ1) is 8.47. The Bertz CT molecular complexity index is 417. The van der Waals surface area contributed by atoms with Crippen molar-refractivity contribution < 1.29 is 5.11 Å². The molecule has 1 fully saturated rings. The molecular weight excluding hydrogens is 224 g/mol. The van der Waals surface area contributed by atoms with E-state index in [1.165, 1.54) is 5.56 Å². The molecule has 1 aromatic carbocycles. The molecule has 1 aromatic rings. The Morgan fingerprint density at radius 1 is 1.33 bits per heavy atom. The van der Waals surface area contributed by atoms with Crippen LogP contribution in [0, 0.1) is 12.8 Å². The minimum absolute atomic E-state index is 0.418. The van der Waals surface area contributed by atoms with Gasteiger partial charge in [0.05, 0.1) is 0 Å². The second-order valence-corrected chi connectivity index (χ2v) is 5.83. The van der Waals surface area contributed by atoms with Gasteiger partial charge in [-0.05, 0) is 33.0 Å². The van der Waals surface area contributed by atoms with Gasteiger partial charge in [-0.1, -0.05) is 24.6 Å². The molecule has 2 atom stereocenters. The zero-order chi connectivity index (χ0) is 13.3. The molecule has 1 heterocycles. The molecule has 1 N–H and O–H groups in total. The van der Waals surface area contributed by atoms with Crippen LogP contribution in [-0.2, 0) is 6.54 Å². The lowest BCUT2D eigenvalue weighted by atomic mass is 10.1. The molecule has 0 aliphatic carbocycles. The SMILES string of the molecule is Cc1ccc(O)c(CN2CC(C)C(N(C)C)C2)c1. The predicted octanol–water partition coefficient (Wildman–Crippen LogP) is 2.08. The van der Waals surface area contributed by atoms with E-state index >= 15 is 0 Å². The van der Waals surface area contributed by atoms with Crippen LogP contribution in [0.1, 0.15) is 18.1 Å². The molecule has 100 valence electrons. The van der Waals surface area contributed by atoms with E-state index in [-0.39, 0.29) is 0 Å². The summed E-state index contributed by atoms with van der Waals surface area (Å²) in [7, 11) is 4.30. The summed E-state index contributed by atoms with van der Waals surface area (Å²) in [5, 5.41) is 9.90. The molecule has 0 bridgehead atoms. The Balaban J connectivity index is 2.05. The fraction of sp³-hybridized carbons (Fsp3) is 0.600. The third-order valence-corrected chi connectivity index (χ3v) is 3.94. The molecule has 1 saturated heterocycles. The average molecular weight is 248 g/mol. The van der Waals surface area contributed by atoms with Crippen LogP contribution < -0.4 is 0 Å². The highest BCUT2D eigenvalue weighted by Gasteiger charge is 2.30. The van der Waals surface area contributed by atoms with Gasteiger partial charge in [0.25, 0.3) is 0 Å². The number of hydrogen-bond donors (Lipinski definition) is 1. The average Bonchev–Trinajstić information content (AvgIpc) is 2.65. The van der Waals surface area contributed by atoms with Gasteiger partial charge in [0, 0.05) is 31.2 Å². The van der Waals surface area contributed by atoms with Crippen LogP contribution in [0.15, 0.2) is 18.2 Å². The number of likely N-dealkylation sites (N-methyl/N-ethyl adjacent to an activating group) is 1. The first kappa shape index (κ1) is 13.4. The number of aromatic hydroxyl groups is 1. The standard InChI is InChI=1S/C15H24N2O/c1-11-5-6-15(18)13(7-11)9-17-8-12(2)14(10-17)16(3)4/h5-7,12,14,18H,8-10H2,1-4H3. The molecule has 0 saturated carbocycles. The predicted molar refractivity (Wildman–Crippen MR) is 74.8 cm³/mol. The molecule has 2 unspecified atom stereocenters. The van der Waals surface area contributed by atoms with E-state index < -0.39 is 0 Å². The van der Waals surface area contributed by atoms with Gasteiger partial charge in [0.15, 0.2) is 0 Å². The van der Waals surface area contributed by atoms with Crippen LogP contribution in [0.3, 0.4) is 0 Å². The van der Waals surface area contributed by atoms with Gasteiger partial charge in [-0.15, -0.1) is 0 Å². The fourth-order valence-electron chi connectivity index (χ4n) is 2.93. The van der Waals surface area contributed by atoms with E-state index in [1.54, 1.807) is 6.07 Å². The highest BCUT2D eigenvalue weighted by Crippen LogP contribution is 2.25. The van der Waals surface area contributed by atoms with Crippen molar-refractivity contribution in [3.8, 4) is 5.75 Å². The van der Waals surface area contributed by atoms with Gasteiger partial charge in [-0.2, -0.15) is 0 Å². The summed E-state index contributed by atoms with van der Waals surface area (Å²) >= 11 is 0. The number of likely N-dealkylation sites (tertiary alicyclic amines) is 1. The molecule has 0 spiro atoms. The van der Waals surface area contributed by atoms with Gasteiger partial charge in [0.1, 0.15) is 5.75 Å². The Kier molecular flexibility index (Phi) is 3.93. The number of rotatable bonds is 3. The van der Waals surface area contributed by atoms with Crippen LogP contribution in [0.4, 0.5) is 0 Å². The summed E-state index contributed by atoms with van der Waals surface area (Å²) in [6, 6.07) is 6.46. The molecule has 1 aliphatic heterocycles. The summed E-state index contributed by atoms with van der Waals surface area (Å²) in [6.45, 7) is 7.42. The van der Waals surface area contributed by atoms with E-state index in [0.717, 1.165) is 25.2 Å². The minimum atomic E-state index is 0.418. The fourth-order valence-corrected chi connectivity index (χ4v) is 2.93. The topological polar surface area (TPSA) is 26.7 Å². The number of aryl methyl sites for hydroxylation is 1. The number of phenolic OH excluding ortho intramolecular Hbond substituents is 1. The van der Waals surface area contributed by atoms with E-state index in [1.807, 2.05) is 6.07 Å². The zero-order valence-electron chi connectivity index (χ0n) is 11.8. The molecule has 18 heavy (non-hydrogen) atoms. The summed E-state index contributed by atoms with van der Waals surface area (Å²) in [4.78, 5) is 4.74. The van der Waals surface area contributed by atoms with Crippen molar-refractivity contribution in [3.63, 3.8) is 0 Å². The second kappa shape index (κ2) is 5.29. The first-order valence-electron chi connectivity index (χ1n) is 6.64. The quantitative estimate of drug-likeness (QED) is 0.887. The van der Waals surface area contributed by atoms with Crippen LogP contribution in [0.2, 0.25) is 0 Å². The van der Waals surface area contributed by atoms with Crippen molar-refractivity contribution in [1.29, 1.82) is 0 Å². The first-order valence-corrected chi connectivity index (χ1v) is 6.64. The van der Waals surface area contributed by atoms with Crippen LogP contribution in [-0.4, -0.2) is 48.1 Å². The Labute approximate surface area is 110 Å². The highest BCUT2D eigenvalue weighted by molar-refractivity contribution is 5.35. The van der Waals surface area contributed by atoms with Gasteiger partial charge >= 0.3 is 0 Å². The molecule has 3 heteroatoms. The second-order valence-electron chi connectivity index (χ2n) is 5.83. The summed E-state index contributed by atoms with van der Waals surface area (Å²) in [6.07, 6.45) is 0. The Morgan fingerprint density at radius 2 is 2.06 bits per heavy atom. The lowest BCUT2D eigenvalue weighted by Gasteiger charge is -2.22. The number of benzene rings is 1. The lowest BCUT2D eigenvalue weighted by molar-refractivity contribution is 0.249. The smallest absolute Gasteiger partial charge is 0.120 e. The molecule has 3 nitrogen and oxygen atoms in total. The van der Waals surface area contributed by atoms with E-state index in [0.29, 0.717) is 17.7 Å². The maximum Gasteiger partial charge on any atom is 0.120 e. The zero-order valence-corrected chi connectivity index (χ0v) is 11.8. The molecular formula is C15H24N2O. The molecule has 0 radical (unpaired) electrons.